The summed E-state index contributed by atoms with van der Waals surface area (Å²) in [5.74, 6) is 0.543. The van der Waals surface area contributed by atoms with Crippen LogP contribution in [0.5, 0.6) is 0 Å². The second kappa shape index (κ2) is 4.28. The molecule has 1 radical (unpaired) electrons. The Kier molecular flexibility index (Phi) is 2.84. The highest BCUT2D eigenvalue weighted by atomic mass is 16.4. The third-order valence-electron chi connectivity index (χ3n) is 2.42. The standard InChI is InChI=1S/C10H13N2O2/c13-9-12(10-5-4-8-14-10)11-6-2-1-3-7-11/h4-5,8H,1-3,6-7H2. The average Bonchev–Trinajstić information content (AvgIpc) is 2.74. The molecule has 0 unspecified atom stereocenters. The molecule has 0 bridgehead atoms. The van der Waals surface area contributed by atoms with Crippen molar-refractivity contribution in [1.29, 1.82) is 0 Å². The first-order chi connectivity index (χ1) is 6.92. The van der Waals surface area contributed by atoms with E-state index in [9.17, 15) is 4.79 Å². The SMILES string of the molecule is O=[C]N(c1ccco1)N1CCCCC1. The van der Waals surface area contributed by atoms with E-state index in [0.29, 0.717) is 5.88 Å². The number of amides is 1. The van der Waals surface area contributed by atoms with Gasteiger partial charge in [-0.1, -0.05) is 6.42 Å². The molecule has 0 spiro atoms. The highest BCUT2D eigenvalue weighted by Gasteiger charge is 2.20. The van der Waals surface area contributed by atoms with Crippen molar-refractivity contribution in [2.24, 2.45) is 0 Å². The van der Waals surface area contributed by atoms with E-state index in [0.717, 1.165) is 25.9 Å². The minimum absolute atomic E-state index is 0.543. The van der Waals surface area contributed by atoms with Gasteiger partial charge in [0.1, 0.15) is 0 Å². The van der Waals surface area contributed by atoms with Crippen LogP contribution >= 0.6 is 0 Å². The molecule has 1 aliphatic heterocycles. The van der Waals surface area contributed by atoms with Crippen LogP contribution in [0.3, 0.4) is 0 Å². The molecule has 1 aliphatic rings. The molecule has 1 amide bonds. The number of hydrogen-bond donors (Lipinski definition) is 0. The van der Waals surface area contributed by atoms with Crippen molar-refractivity contribution in [2.75, 3.05) is 18.1 Å². The van der Waals surface area contributed by atoms with Crippen molar-refractivity contribution in [2.45, 2.75) is 19.3 Å². The highest BCUT2D eigenvalue weighted by Crippen LogP contribution is 2.18. The Hall–Kier alpha value is -1.29. The zero-order valence-electron chi connectivity index (χ0n) is 7.98. The van der Waals surface area contributed by atoms with Crippen molar-refractivity contribution >= 4 is 12.3 Å². The molecule has 0 atom stereocenters. The lowest BCUT2D eigenvalue weighted by Crippen LogP contribution is -2.44. The summed E-state index contributed by atoms with van der Waals surface area (Å²) in [6.07, 6.45) is 6.93. The quantitative estimate of drug-likeness (QED) is 0.683. The Morgan fingerprint density at radius 3 is 2.71 bits per heavy atom. The number of furan rings is 1. The van der Waals surface area contributed by atoms with Gasteiger partial charge < -0.3 is 4.42 Å². The van der Waals surface area contributed by atoms with Crippen molar-refractivity contribution in [3.8, 4) is 0 Å². The van der Waals surface area contributed by atoms with E-state index in [1.54, 1.807) is 18.4 Å². The minimum Gasteiger partial charge on any atom is -0.447 e. The van der Waals surface area contributed by atoms with E-state index in [1.807, 2.05) is 11.4 Å². The monoisotopic (exact) mass is 193 g/mol. The fourth-order valence-corrected chi connectivity index (χ4v) is 1.71. The van der Waals surface area contributed by atoms with E-state index < -0.39 is 0 Å². The maximum atomic E-state index is 10.8. The summed E-state index contributed by atoms with van der Waals surface area (Å²) in [6, 6.07) is 3.53. The van der Waals surface area contributed by atoms with Crippen LogP contribution in [0.4, 0.5) is 5.88 Å². The number of anilines is 1. The summed E-state index contributed by atoms with van der Waals surface area (Å²) >= 11 is 0. The number of carbonyl (C=O) groups excluding carboxylic acids is 1. The summed E-state index contributed by atoms with van der Waals surface area (Å²) in [7, 11) is 0. The number of nitrogens with zero attached hydrogens (tertiary/aromatic N) is 2. The average molecular weight is 193 g/mol. The first-order valence-corrected chi connectivity index (χ1v) is 4.88. The predicted octanol–water partition coefficient (Wildman–Crippen LogP) is 1.55. The van der Waals surface area contributed by atoms with Crippen LogP contribution in [0.25, 0.3) is 0 Å². The summed E-state index contributed by atoms with van der Waals surface area (Å²) in [4.78, 5) is 10.8. The molecule has 1 fully saturated rings. The van der Waals surface area contributed by atoms with Gasteiger partial charge in [0, 0.05) is 19.2 Å². The van der Waals surface area contributed by atoms with E-state index in [4.69, 9.17) is 4.42 Å². The van der Waals surface area contributed by atoms with Crippen LogP contribution in [0.2, 0.25) is 0 Å². The lowest BCUT2D eigenvalue weighted by atomic mass is 10.2. The predicted molar refractivity (Wildman–Crippen MR) is 52.3 cm³/mol. The first kappa shape index (κ1) is 9.27. The lowest BCUT2D eigenvalue weighted by Gasteiger charge is -2.32. The molecule has 1 aromatic heterocycles. The van der Waals surface area contributed by atoms with E-state index >= 15 is 0 Å². The molecule has 2 heterocycles. The molecule has 0 aliphatic carbocycles. The Morgan fingerprint density at radius 1 is 1.36 bits per heavy atom. The molecule has 0 N–H and O–H groups in total. The van der Waals surface area contributed by atoms with Crippen LogP contribution in [-0.2, 0) is 4.79 Å². The van der Waals surface area contributed by atoms with Gasteiger partial charge in [-0.3, -0.25) is 4.79 Å². The molecular weight excluding hydrogens is 180 g/mol. The van der Waals surface area contributed by atoms with Gasteiger partial charge >= 0.3 is 6.41 Å². The largest absolute Gasteiger partial charge is 0.447 e. The van der Waals surface area contributed by atoms with Gasteiger partial charge in [-0.25, -0.2) is 10.0 Å². The second-order valence-corrected chi connectivity index (χ2v) is 3.37. The third-order valence-corrected chi connectivity index (χ3v) is 2.42. The number of rotatable bonds is 3. The van der Waals surface area contributed by atoms with Gasteiger partial charge in [-0.15, -0.1) is 0 Å². The van der Waals surface area contributed by atoms with Gasteiger partial charge in [0.2, 0.25) is 5.88 Å². The summed E-state index contributed by atoms with van der Waals surface area (Å²) < 4.78 is 5.16. The minimum atomic E-state index is 0.543. The normalized spacial score (nSPS) is 18.0. The maximum absolute atomic E-state index is 10.8. The number of hydrazine groups is 1. The van der Waals surface area contributed by atoms with Crippen LogP contribution < -0.4 is 5.01 Å². The molecule has 1 aromatic rings. The molecule has 4 heteroatoms. The molecule has 75 valence electrons. The van der Waals surface area contributed by atoms with E-state index in [2.05, 4.69) is 0 Å². The summed E-state index contributed by atoms with van der Waals surface area (Å²) in [5, 5.41) is 3.40. The fourth-order valence-electron chi connectivity index (χ4n) is 1.71. The smallest absolute Gasteiger partial charge is 0.335 e. The van der Waals surface area contributed by atoms with Gasteiger partial charge in [0.05, 0.1) is 6.26 Å². The van der Waals surface area contributed by atoms with Crippen molar-refractivity contribution in [3.05, 3.63) is 18.4 Å². The van der Waals surface area contributed by atoms with Crippen molar-refractivity contribution in [3.63, 3.8) is 0 Å². The van der Waals surface area contributed by atoms with E-state index in [-0.39, 0.29) is 0 Å². The fraction of sp³-hybridized carbons (Fsp3) is 0.500. The van der Waals surface area contributed by atoms with Gasteiger partial charge in [-0.2, -0.15) is 0 Å². The first-order valence-electron chi connectivity index (χ1n) is 4.88. The Balaban J connectivity index is 2.08. The van der Waals surface area contributed by atoms with Crippen LogP contribution in [0.1, 0.15) is 19.3 Å². The maximum Gasteiger partial charge on any atom is 0.335 e. The topological polar surface area (TPSA) is 36.7 Å². The molecule has 0 aromatic carbocycles. The zero-order chi connectivity index (χ0) is 9.80. The molecule has 4 nitrogen and oxygen atoms in total. The number of piperidine rings is 1. The molecular formula is C10H13N2O2. The van der Waals surface area contributed by atoms with Gasteiger partial charge in [-0.05, 0) is 18.9 Å². The van der Waals surface area contributed by atoms with Crippen LogP contribution in [0, 0.1) is 0 Å². The van der Waals surface area contributed by atoms with Gasteiger partial charge in [0.25, 0.3) is 0 Å². The summed E-state index contributed by atoms with van der Waals surface area (Å²) in [5.41, 5.74) is 0. The molecule has 2 rings (SSSR count). The Labute approximate surface area is 83.1 Å². The zero-order valence-corrected chi connectivity index (χ0v) is 7.98. The summed E-state index contributed by atoms with van der Waals surface area (Å²) in [6.45, 7) is 1.80. The second-order valence-electron chi connectivity index (χ2n) is 3.37. The Morgan fingerprint density at radius 2 is 2.14 bits per heavy atom. The number of hydrogen-bond acceptors (Lipinski definition) is 3. The van der Waals surface area contributed by atoms with Crippen molar-refractivity contribution in [1.82, 2.24) is 5.01 Å². The van der Waals surface area contributed by atoms with E-state index in [1.165, 1.54) is 11.4 Å². The lowest BCUT2D eigenvalue weighted by molar-refractivity contribution is 0.224. The van der Waals surface area contributed by atoms with Gasteiger partial charge in [0.15, 0.2) is 0 Å². The molecule has 1 saturated heterocycles. The third kappa shape index (κ3) is 1.80. The Bertz CT molecular complexity index is 278. The highest BCUT2D eigenvalue weighted by molar-refractivity contribution is 5.71. The van der Waals surface area contributed by atoms with Crippen LogP contribution in [0.15, 0.2) is 22.8 Å². The van der Waals surface area contributed by atoms with Crippen LogP contribution in [-0.4, -0.2) is 24.5 Å². The molecule has 14 heavy (non-hydrogen) atoms. The molecule has 0 saturated carbocycles. The van der Waals surface area contributed by atoms with Crippen molar-refractivity contribution < 1.29 is 9.21 Å².